The van der Waals surface area contributed by atoms with Gasteiger partial charge in [-0.1, -0.05) is 47.5 Å². The second-order valence-corrected chi connectivity index (χ2v) is 8.07. The Morgan fingerprint density at radius 1 is 1.03 bits per heavy atom. The fourth-order valence-corrected chi connectivity index (χ4v) is 4.55. The highest BCUT2D eigenvalue weighted by Gasteiger charge is 2.56. The Bertz CT molecular complexity index is 1160. The Morgan fingerprint density at radius 2 is 1.76 bits per heavy atom. The van der Waals surface area contributed by atoms with Crippen LogP contribution in [0, 0.1) is 13.8 Å². The van der Waals surface area contributed by atoms with Crippen LogP contribution in [0.5, 0.6) is 0 Å². The maximum atomic E-state index is 13.5. The fraction of sp³-hybridized carbons (Fsp3) is 0.261. The molecule has 0 bridgehead atoms. The van der Waals surface area contributed by atoms with Crippen molar-refractivity contribution in [3.63, 3.8) is 0 Å². The first kappa shape index (κ1) is 17.7. The van der Waals surface area contributed by atoms with Gasteiger partial charge in [-0.15, -0.1) is 0 Å². The van der Waals surface area contributed by atoms with Crippen molar-refractivity contribution in [2.24, 2.45) is 0 Å². The Labute approximate surface area is 169 Å². The Balaban J connectivity index is 1.67. The van der Waals surface area contributed by atoms with E-state index in [1.54, 1.807) is 22.8 Å². The van der Waals surface area contributed by atoms with Gasteiger partial charge in [0.1, 0.15) is 11.2 Å². The van der Waals surface area contributed by atoms with Crippen LogP contribution in [0.1, 0.15) is 34.2 Å². The molecule has 3 heterocycles. The number of benzene rings is 2. The molecule has 0 fully saturated rings. The van der Waals surface area contributed by atoms with Crippen LogP contribution < -0.4 is 10.2 Å². The predicted molar refractivity (Wildman–Crippen MR) is 111 cm³/mol. The SMILES string of the molecule is Cc1ccc(Cn2ncc3c2NC(=O)C[C@@]32C(=O)N(C)c3ccc(C)cc32)cc1. The number of rotatable bonds is 2. The van der Waals surface area contributed by atoms with Crippen molar-refractivity contribution in [2.45, 2.75) is 32.2 Å². The maximum Gasteiger partial charge on any atom is 0.242 e. The molecule has 0 aliphatic carbocycles. The number of carbonyl (C=O) groups excluding carboxylic acids is 2. The maximum absolute atomic E-state index is 13.5. The van der Waals surface area contributed by atoms with Crippen molar-refractivity contribution in [2.75, 3.05) is 17.3 Å². The van der Waals surface area contributed by atoms with Gasteiger partial charge in [0.2, 0.25) is 11.8 Å². The zero-order chi connectivity index (χ0) is 20.3. The third kappa shape index (κ3) is 2.45. The molecule has 1 aromatic heterocycles. The molecule has 0 radical (unpaired) electrons. The number of aryl methyl sites for hydroxylation is 2. The number of nitrogens with zero attached hydrogens (tertiary/aromatic N) is 3. The molecule has 0 unspecified atom stereocenters. The van der Waals surface area contributed by atoms with Crippen LogP contribution in [0.25, 0.3) is 0 Å². The molecule has 3 aromatic rings. The Kier molecular flexibility index (Phi) is 3.68. The Morgan fingerprint density at radius 3 is 2.52 bits per heavy atom. The molecular weight excluding hydrogens is 364 g/mol. The van der Waals surface area contributed by atoms with Crippen molar-refractivity contribution < 1.29 is 9.59 Å². The van der Waals surface area contributed by atoms with Gasteiger partial charge in [-0.25, -0.2) is 4.68 Å². The number of hydrogen-bond acceptors (Lipinski definition) is 3. The molecule has 29 heavy (non-hydrogen) atoms. The summed E-state index contributed by atoms with van der Waals surface area (Å²) in [6, 6.07) is 14.2. The summed E-state index contributed by atoms with van der Waals surface area (Å²) >= 11 is 0. The smallest absolute Gasteiger partial charge is 0.242 e. The van der Waals surface area contributed by atoms with Crippen LogP contribution in [0.3, 0.4) is 0 Å². The number of nitrogens with one attached hydrogen (secondary N) is 1. The molecule has 146 valence electrons. The van der Waals surface area contributed by atoms with E-state index in [2.05, 4.69) is 34.7 Å². The minimum absolute atomic E-state index is 0.0796. The first-order valence-electron chi connectivity index (χ1n) is 9.71. The molecule has 0 saturated heterocycles. The quantitative estimate of drug-likeness (QED) is 0.736. The standard InChI is InChI=1S/C23H22N4O2/c1-14-4-7-16(8-5-14)13-27-21-18(12-24-27)23(11-20(28)25-21)17-10-15(2)6-9-19(17)26(3)22(23)29/h4-10,12H,11,13H2,1-3H3,(H,25,28)/t23-/m0/s1. The summed E-state index contributed by atoms with van der Waals surface area (Å²) in [4.78, 5) is 27.9. The van der Waals surface area contributed by atoms with Gasteiger partial charge < -0.3 is 10.2 Å². The van der Waals surface area contributed by atoms with Crippen LogP contribution in [0.15, 0.2) is 48.7 Å². The molecule has 2 aromatic carbocycles. The zero-order valence-corrected chi connectivity index (χ0v) is 16.7. The van der Waals surface area contributed by atoms with E-state index in [1.807, 2.05) is 32.0 Å². The van der Waals surface area contributed by atoms with E-state index < -0.39 is 5.41 Å². The number of fused-ring (bicyclic) bond motifs is 4. The summed E-state index contributed by atoms with van der Waals surface area (Å²) in [5.74, 6) is 0.362. The number of likely N-dealkylation sites (N-methyl/N-ethyl adjacent to an activating group) is 1. The normalized spacial score (nSPS) is 20.0. The summed E-state index contributed by atoms with van der Waals surface area (Å²) < 4.78 is 1.78. The van der Waals surface area contributed by atoms with Gasteiger partial charge in [0, 0.05) is 24.7 Å². The van der Waals surface area contributed by atoms with Crippen molar-refractivity contribution in [1.29, 1.82) is 0 Å². The number of amides is 2. The Hall–Kier alpha value is -3.41. The average Bonchev–Trinajstić information content (AvgIpc) is 3.18. The van der Waals surface area contributed by atoms with Gasteiger partial charge >= 0.3 is 0 Å². The summed E-state index contributed by atoms with van der Waals surface area (Å²) in [5.41, 5.74) is 4.83. The van der Waals surface area contributed by atoms with E-state index >= 15 is 0 Å². The minimum Gasteiger partial charge on any atom is -0.314 e. The first-order valence-corrected chi connectivity index (χ1v) is 9.71. The lowest BCUT2D eigenvalue weighted by atomic mass is 9.71. The topological polar surface area (TPSA) is 67.2 Å². The molecule has 5 rings (SSSR count). The second-order valence-electron chi connectivity index (χ2n) is 8.07. The van der Waals surface area contributed by atoms with Crippen molar-refractivity contribution in [3.05, 3.63) is 76.5 Å². The zero-order valence-electron chi connectivity index (χ0n) is 16.7. The molecule has 6 nitrogen and oxygen atoms in total. The number of anilines is 2. The van der Waals surface area contributed by atoms with E-state index in [4.69, 9.17) is 0 Å². The van der Waals surface area contributed by atoms with Crippen LogP contribution in [-0.4, -0.2) is 28.6 Å². The summed E-state index contributed by atoms with van der Waals surface area (Å²) in [7, 11) is 1.77. The largest absolute Gasteiger partial charge is 0.314 e. The molecule has 1 N–H and O–H groups in total. The molecule has 2 aliphatic rings. The highest BCUT2D eigenvalue weighted by atomic mass is 16.2. The monoisotopic (exact) mass is 386 g/mol. The van der Waals surface area contributed by atoms with Gasteiger partial charge in [0.05, 0.1) is 12.7 Å². The van der Waals surface area contributed by atoms with E-state index in [1.165, 1.54) is 5.56 Å². The first-order chi connectivity index (χ1) is 13.9. The number of aromatic nitrogens is 2. The molecule has 6 heteroatoms. The molecule has 2 amide bonds. The van der Waals surface area contributed by atoms with Crippen molar-refractivity contribution in [1.82, 2.24) is 9.78 Å². The van der Waals surface area contributed by atoms with Gasteiger partial charge in [0.15, 0.2) is 0 Å². The minimum atomic E-state index is -1.01. The van der Waals surface area contributed by atoms with E-state index in [-0.39, 0.29) is 18.2 Å². The highest BCUT2D eigenvalue weighted by Crippen LogP contribution is 2.51. The average molecular weight is 386 g/mol. The second kappa shape index (κ2) is 6.04. The van der Waals surface area contributed by atoms with E-state index in [0.29, 0.717) is 12.4 Å². The van der Waals surface area contributed by atoms with Crippen LogP contribution in [0.2, 0.25) is 0 Å². The lowest BCUT2D eigenvalue weighted by Crippen LogP contribution is -2.45. The van der Waals surface area contributed by atoms with Gasteiger partial charge in [-0.3, -0.25) is 9.59 Å². The fourth-order valence-electron chi connectivity index (χ4n) is 4.55. The van der Waals surface area contributed by atoms with Crippen LogP contribution >= 0.6 is 0 Å². The molecule has 1 atom stereocenters. The summed E-state index contributed by atoms with van der Waals surface area (Å²) in [6.45, 7) is 4.57. The van der Waals surface area contributed by atoms with E-state index in [9.17, 15) is 9.59 Å². The highest BCUT2D eigenvalue weighted by molar-refractivity contribution is 6.15. The lowest BCUT2D eigenvalue weighted by Gasteiger charge is -2.32. The van der Waals surface area contributed by atoms with Crippen LogP contribution in [-0.2, 0) is 21.5 Å². The van der Waals surface area contributed by atoms with Crippen molar-refractivity contribution >= 4 is 23.3 Å². The third-order valence-corrected chi connectivity index (χ3v) is 6.08. The van der Waals surface area contributed by atoms with Crippen LogP contribution in [0.4, 0.5) is 11.5 Å². The van der Waals surface area contributed by atoms with Gasteiger partial charge in [-0.2, -0.15) is 5.10 Å². The van der Waals surface area contributed by atoms with Crippen molar-refractivity contribution in [3.8, 4) is 0 Å². The third-order valence-electron chi connectivity index (χ3n) is 6.08. The summed E-state index contributed by atoms with van der Waals surface area (Å²) in [5, 5.41) is 7.52. The molecular formula is C23H22N4O2. The van der Waals surface area contributed by atoms with E-state index in [0.717, 1.165) is 27.9 Å². The summed E-state index contributed by atoms with van der Waals surface area (Å²) in [6.07, 6.45) is 1.84. The predicted octanol–water partition coefficient (Wildman–Crippen LogP) is 3.15. The lowest BCUT2D eigenvalue weighted by molar-refractivity contribution is -0.126. The number of carbonyl (C=O) groups is 2. The molecule has 0 saturated carbocycles. The number of hydrogen-bond donors (Lipinski definition) is 1. The van der Waals surface area contributed by atoms with Gasteiger partial charge in [-0.05, 0) is 31.0 Å². The van der Waals surface area contributed by atoms with Gasteiger partial charge in [0.25, 0.3) is 0 Å². The molecule has 2 aliphatic heterocycles. The molecule has 1 spiro atoms.